The topological polar surface area (TPSA) is 43.4 Å². The number of alkyl halides is 2. The molecule has 1 aliphatic rings. The highest BCUT2D eigenvalue weighted by Gasteiger charge is 2.23. The number of nitrogens with zero attached hydrogens (tertiary/aromatic N) is 1. The maximum Gasteiger partial charge on any atom is 0.387 e. The van der Waals surface area contributed by atoms with Gasteiger partial charge in [-0.2, -0.15) is 8.78 Å². The van der Waals surface area contributed by atoms with Gasteiger partial charge < -0.3 is 14.8 Å². The number of pyridine rings is 1. The first-order valence-corrected chi connectivity index (χ1v) is 7.55. The van der Waals surface area contributed by atoms with Gasteiger partial charge in [0.15, 0.2) is 11.5 Å². The van der Waals surface area contributed by atoms with E-state index in [4.69, 9.17) is 4.74 Å². The Morgan fingerprint density at radius 3 is 2.78 bits per heavy atom. The fraction of sp³-hybridized carbons (Fsp3) is 0.353. The van der Waals surface area contributed by atoms with Gasteiger partial charge in [-0.1, -0.05) is 6.07 Å². The van der Waals surface area contributed by atoms with Crippen molar-refractivity contribution in [2.45, 2.75) is 26.0 Å². The number of benzene rings is 1. The first-order valence-electron chi connectivity index (χ1n) is 7.55. The van der Waals surface area contributed by atoms with Crippen LogP contribution in [0.3, 0.4) is 0 Å². The van der Waals surface area contributed by atoms with Crippen LogP contribution in [0.5, 0.6) is 11.5 Å². The van der Waals surface area contributed by atoms with Crippen LogP contribution in [-0.2, 0) is 6.54 Å². The zero-order valence-corrected chi connectivity index (χ0v) is 12.5. The minimum atomic E-state index is -2.87. The number of nitrogens with one attached hydrogen (secondary N) is 1. The normalized spacial score (nSPS) is 13.9. The Morgan fingerprint density at radius 1 is 1.22 bits per heavy atom. The fourth-order valence-corrected chi connectivity index (χ4v) is 2.12. The molecule has 1 aromatic heterocycles. The highest BCUT2D eigenvalue weighted by atomic mass is 19.3. The van der Waals surface area contributed by atoms with Crippen molar-refractivity contribution in [2.24, 2.45) is 5.92 Å². The van der Waals surface area contributed by atoms with E-state index in [0.29, 0.717) is 24.8 Å². The molecule has 0 unspecified atom stereocenters. The highest BCUT2D eigenvalue weighted by Crippen LogP contribution is 2.35. The largest absolute Gasteiger partial charge is 0.489 e. The summed E-state index contributed by atoms with van der Waals surface area (Å²) in [5.41, 5.74) is 1.81. The summed E-state index contributed by atoms with van der Waals surface area (Å²) in [6, 6.07) is 8.70. The lowest BCUT2D eigenvalue weighted by Gasteiger charge is -2.14. The summed E-state index contributed by atoms with van der Waals surface area (Å²) in [4.78, 5) is 4.05. The van der Waals surface area contributed by atoms with Crippen LogP contribution in [0.15, 0.2) is 42.7 Å². The lowest BCUT2D eigenvalue weighted by Crippen LogP contribution is -2.07. The minimum absolute atomic E-state index is 0.0626. The summed E-state index contributed by atoms with van der Waals surface area (Å²) in [7, 11) is 0. The van der Waals surface area contributed by atoms with Crippen molar-refractivity contribution in [1.29, 1.82) is 0 Å². The molecule has 0 atom stereocenters. The molecule has 1 saturated carbocycles. The van der Waals surface area contributed by atoms with Gasteiger partial charge in [0, 0.05) is 30.7 Å². The molecule has 0 saturated heterocycles. The summed E-state index contributed by atoms with van der Waals surface area (Å²) >= 11 is 0. The Balaban J connectivity index is 1.68. The van der Waals surface area contributed by atoms with Gasteiger partial charge in [0.05, 0.1) is 6.61 Å². The van der Waals surface area contributed by atoms with Crippen molar-refractivity contribution in [3.63, 3.8) is 0 Å². The van der Waals surface area contributed by atoms with E-state index in [1.54, 1.807) is 24.5 Å². The van der Waals surface area contributed by atoms with E-state index in [1.165, 1.54) is 6.07 Å². The standard InChI is InChI=1S/C17H18F2N2O2/c18-17(19)23-15-6-5-14(8-16(15)22-11-12-3-4-12)21-10-13-2-1-7-20-9-13/h1-2,5-9,12,17,21H,3-4,10-11H2. The van der Waals surface area contributed by atoms with E-state index < -0.39 is 6.61 Å². The molecule has 0 aliphatic heterocycles. The van der Waals surface area contributed by atoms with Gasteiger partial charge >= 0.3 is 6.61 Å². The summed E-state index contributed by atoms with van der Waals surface area (Å²) in [5.74, 6) is 0.933. The van der Waals surface area contributed by atoms with Crippen molar-refractivity contribution in [3.8, 4) is 11.5 Å². The lowest BCUT2D eigenvalue weighted by atomic mass is 10.2. The molecule has 2 aromatic rings. The Labute approximate surface area is 133 Å². The zero-order chi connectivity index (χ0) is 16.1. The number of hydrogen-bond donors (Lipinski definition) is 1. The van der Waals surface area contributed by atoms with Crippen molar-refractivity contribution < 1.29 is 18.3 Å². The molecule has 0 amide bonds. The molecule has 1 fully saturated rings. The SMILES string of the molecule is FC(F)Oc1ccc(NCc2cccnc2)cc1OCC1CC1. The molecular formula is C17H18F2N2O2. The third kappa shape index (κ3) is 4.81. The first kappa shape index (κ1) is 15.5. The van der Waals surface area contributed by atoms with E-state index in [-0.39, 0.29) is 5.75 Å². The van der Waals surface area contributed by atoms with Gasteiger partial charge in [-0.15, -0.1) is 0 Å². The maximum atomic E-state index is 12.5. The van der Waals surface area contributed by atoms with E-state index in [2.05, 4.69) is 15.0 Å². The molecule has 23 heavy (non-hydrogen) atoms. The van der Waals surface area contributed by atoms with Crippen LogP contribution in [-0.4, -0.2) is 18.2 Å². The van der Waals surface area contributed by atoms with E-state index >= 15 is 0 Å². The van der Waals surface area contributed by atoms with Crippen LogP contribution in [0.25, 0.3) is 0 Å². The second-order valence-electron chi connectivity index (χ2n) is 5.51. The lowest BCUT2D eigenvalue weighted by molar-refractivity contribution is -0.0515. The molecule has 3 rings (SSSR count). The molecule has 6 heteroatoms. The molecule has 1 aliphatic carbocycles. The van der Waals surface area contributed by atoms with Crippen LogP contribution in [0.2, 0.25) is 0 Å². The van der Waals surface area contributed by atoms with Gasteiger partial charge in [-0.25, -0.2) is 0 Å². The van der Waals surface area contributed by atoms with Crippen LogP contribution in [0, 0.1) is 5.92 Å². The van der Waals surface area contributed by atoms with Gasteiger partial charge in [-0.3, -0.25) is 4.98 Å². The Bertz CT molecular complexity index is 634. The quantitative estimate of drug-likeness (QED) is 0.796. The maximum absolute atomic E-state index is 12.5. The predicted octanol–water partition coefficient (Wildman–Crippen LogP) is 4.08. The highest BCUT2D eigenvalue weighted by molar-refractivity contribution is 5.55. The molecule has 1 N–H and O–H groups in total. The molecule has 0 bridgehead atoms. The number of aromatic nitrogens is 1. The van der Waals surface area contributed by atoms with Crippen LogP contribution in [0.1, 0.15) is 18.4 Å². The monoisotopic (exact) mass is 320 g/mol. The fourth-order valence-electron chi connectivity index (χ4n) is 2.12. The Hall–Kier alpha value is -2.37. The summed E-state index contributed by atoms with van der Waals surface area (Å²) in [6.45, 7) is -1.75. The van der Waals surface area contributed by atoms with Crippen molar-refractivity contribution in [3.05, 3.63) is 48.3 Å². The summed E-state index contributed by atoms with van der Waals surface area (Å²) in [6.07, 6.45) is 5.74. The number of rotatable bonds is 8. The Kier molecular flexibility index (Phi) is 4.90. The summed E-state index contributed by atoms with van der Waals surface area (Å²) < 4.78 is 35.1. The Morgan fingerprint density at radius 2 is 2.09 bits per heavy atom. The van der Waals surface area contributed by atoms with E-state index in [0.717, 1.165) is 24.1 Å². The molecule has 0 spiro atoms. The first-order chi connectivity index (χ1) is 11.2. The number of halogens is 2. The summed E-state index contributed by atoms with van der Waals surface area (Å²) in [5, 5.41) is 3.22. The van der Waals surface area contributed by atoms with Gasteiger partial charge in [0.2, 0.25) is 0 Å². The molecule has 1 heterocycles. The van der Waals surface area contributed by atoms with Crippen molar-refractivity contribution >= 4 is 5.69 Å². The minimum Gasteiger partial charge on any atom is -0.489 e. The van der Waals surface area contributed by atoms with Crippen LogP contribution < -0.4 is 14.8 Å². The zero-order valence-electron chi connectivity index (χ0n) is 12.5. The van der Waals surface area contributed by atoms with E-state index in [1.807, 2.05) is 12.1 Å². The van der Waals surface area contributed by atoms with Crippen molar-refractivity contribution in [1.82, 2.24) is 4.98 Å². The van der Waals surface area contributed by atoms with E-state index in [9.17, 15) is 8.78 Å². The molecule has 1 aromatic carbocycles. The number of hydrogen-bond acceptors (Lipinski definition) is 4. The number of anilines is 1. The van der Waals surface area contributed by atoms with Crippen molar-refractivity contribution in [2.75, 3.05) is 11.9 Å². The average Bonchev–Trinajstić information content (AvgIpc) is 3.37. The second kappa shape index (κ2) is 7.26. The van der Waals surface area contributed by atoms with Gasteiger partial charge in [0.25, 0.3) is 0 Å². The molecule has 0 radical (unpaired) electrons. The van der Waals surface area contributed by atoms with Gasteiger partial charge in [0.1, 0.15) is 0 Å². The average molecular weight is 320 g/mol. The van der Waals surface area contributed by atoms with Gasteiger partial charge in [-0.05, 0) is 42.5 Å². The third-order valence-corrected chi connectivity index (χ3v) is 3.55. The predicted molar refractivity (Wildman–Crippen MR) is 82.9 cm³/mol. The number of ether oxygens (including phenoxy) is 2. The smallest absolute Gasteiger partial charge is 0.387 e. The third-order valence-electron chi connectivity index (χ3n) is 3.55. The van der Waals surface area contributed by atoms with Crippen LogP contribution in [0.4, 0.5) is 14.5 Å². The molecule has 4 nitrogen and oxygen atoms in total. The molecule has 122 valence electrons. The van der Waals surface area contributed by atoms with Crippen LogP contribution >= 0.6 is 0 Å². The molecular weight excluding hydrogens is 302 g/mol. The second-order valence-corrected chi connectivity index (χ2v) is 5.51.